The Labute approximate surface area is 56.1 Å². The summed E-state index contributed by atoms with van der Waals surface area (Å²) in [7, 11) is 0. The molecule has 0 aliphatic heterocycles. The van der Waals surface area contributed by atoms with Gasteiger partial charge in [-0.15, -0.1) is 0 Å². The molecule has 0 spiro atoms. The topological polar surface area (TPSA) is 20.2 Å². The highest BCUT2D eigenvalue weighted by Crippen LogP contribution is 2.47. The lowest BCUT2D eigenvalue weighted by molar-refractivity contribution is 0.0985. The zero-order valence-corrected chi connectivity index (χ0v) is 5.88. The number of hydrogen-bond donors (Lipinski definition) is 1. The minimum absolute atomic E-state index is 0.0613. The molecule has 0 aromatic rings. The van der Waals surface area contributed by atoms with Crippen LogP contribution < -0.4 is 0 Å². The highest BCUT2D eigenvalue weighted by molar-refractivity contribution is 4.93. The number of aliphatic hydroxyl groups is 1. The van der Waals surface area contributed by atoms with Gasteiger partial charge in [-0.1, -0.05) is 6.92 Å². The van der Waals surface area contributed by atoms with Gasteiger partial charge in [0, 0.05) is 0 Å². The lowest BCUT2D eigenvalue weighted by Crippen LogP contribution is -2.19. The van der Waals surface area contributed by atoms with Gasteiger partial charge in [0.2, 0.25) is 0 Å². The first-order valence-corrected chi connectivity index (χ1v) is 3.95. The van der Waals surface area contributed by atoms with E-state index < -0.39 is 0 Å². The largest absolute Gasteiger partial charge is 0.393 e. The SMILES string of the molecule is C[C@H]1C[C@@H]2C[C@H]1C[C@H]2O. The summed E-state index contributed by atoms with van der Waals surface area (Å²) in [6, 6.07) is 0. The first-order chi connectivity index (χ1) is 4.27. The summed E-state index contributed by atoms with van der Waals surface area (Å²) >= 11 is 0. The number of hydrogen-bond acceptors (Lipinski definition) is 1. The molecule has 0 radical (unpaired) electrons. The molecule has 9 heavy (non-hydrogen) atoms. The first-order valence-electron chi connectivity index (χ1n) is 3.95. The molecule has 0 aromatic carbocycles. The van der Waals surface area contributed by atoms with E-state index in [4.69, 9.17) is 0 Å². The molecule has 0 aromatic heterocycles. The monoisotopic (exact) mass is 126 g/mol. The van der Waals surface area contributed by atoms with E-state index in [1.807, 2.05) is 0 Å². The van der Waals surface area contributed by atoms with Crippen molar-refractivity contribution in [1.82, 2.24) is 0 Å². The Bertz CT molecular complexity index is 104. The average molecular weight is 126 g/mol. The first kappa shape index (κ1) is 5.72. The minimum Gasteiger partial charge on any atom is -0.393 e. The van der Waals surface area contributed by atoms with Crippen molar-refractivity contribution in [2.75, 3.05) is 0 Å². The molecule has 4 atom stereocenters. The lowest BCUT2D eigenvalue weighted by atomic mass is 9.89. The number of fused-ring (bicyclic) bond motifs is 2. The summed E-state index contributed by atoms with van der Waals surface area (Å²) < 4.78 is 0. The second-order valence-corrected chi connectivity index (χ2v) is 3.77. The molecule has 2 bridgehead atoms. The van der Waals surface area contributed by atoms with Gasteiger partial charge in [0.05, 0.1) is 6.10 Å². The van der Waals surface area contributed by atoms with E-state index in [2.05, 4.69) is 6.92 Å². The highest BCUT2D eigenvalue weighted by Gasteiger charge is 2.42. The maximum atomic E-state index is 9.34. The van der Waals surface area contributed by atoms with Gasteiger partial charge in [0.25, 0.3) is 0 Å². The number of rotatable bonds is 0. The van der Waals surface area contributed by atoms with E-state index in [1.54, 1.807) is 0 Å². The lowest BCUT2D eigenvalue weighted by Gasteiger charge is -2.20. The molecular weight excluding hydrogens is 112 g/mol. The molecule has 52 valence electrons. The van der Waals surface area contributed by atoms with Crippen LogP contribution in [0.2, 0.25) is 0 Å². The van der Waals surface area contributed by atoms with Crippen LogP contribution in [0.25, 0.3) is 0 Å². The van der Waals surface area contributed by atoms with Crippen LogP contribution in [-0.2, 0) is 0 Å². The molecule has 0 unspecified atom stereocenters. The number of aliphatic hydroxyl groups excluding tert-OH is 1. The summed E-state index contributed by atoms with van der Waals surface area (Å²) in [6.45, 7) is 2.32. The molecule has 0 heterocycles. The predicted octanol–water partition coefficient (Wildman–Crippen LogP) is 1.41. The van der Waals surface area contributed by atoms with Crippen LogP contribution in [0.5, 0.6) is 0 Å². The summed E-state index contributed by atoms with van der Waals surface area (Å²) in [5, 5.41) is 9.34. The Hall–Kier alpha value is -0.0400. The van der Waals surface area contributed by atoms with Crippen molar-refractivity contribution in [3.63, 3.8) is 0 Å². The Morgan fingerprint density at radius 1 is 1.11 bits per heavy atom. The third-order valence-corrected chi connectivity index (χ3v) is 3.17. The van der Waals surface area contributed by atoms with Crippen molar-refractivity contribution in [1.29, 1.82) is 0 Å². The van der Waals surface area contributed by atoms with Crippen LogP contribution in [0.3, 0.4) is 0 Å². The molecule has 2 aliphatic rings. The summed E-state index contributed by atoms with van der Waals surface area (Å²) in [5.74, 6) is 2.44. The molecule has 2 rings (SSSR count). The fourth-order valence-electron chi connectivity index (χ4n) is 2.53. The van der Waals surface area contributed by atoms with Crippen LogP contribution in [0.4, 0.5) is 0 Å². The molecule has 0 saturated heterocycles. The van der Waals surface area contributed by atoms with Crippen molar-refractivity contribution in [3.05, 3.63) is 0 Å². The molecular formula is C8H14O. The molecule has 2 aliphatic carbocycles. The highest BCUT2D eigenvalue weighted by atomic mass is 16.3. The Morgan fingerprint density at radius 2 is 1.89 bits per heavy atom. The van der Waals surface area contributed by atoms with Crippen molar-refractivity contribution in [2.24, 2.45) is 17.8 Å². The summed E-state index contributed by atoms with van der Waals surface area (Å²) in [6.07, 6.45) is 3.74. The van der Waals surface area contributed by atoms with Crippen LogP contribution in [0.1, 0.15) is 26.2 Å². The van der Waals surface area contributed by atoms with Crippen LogP contribution in [0, 0.1) is 17.8 Å². The molecule has 1 heteroatoms. The van der Waals surface area contributed by atoms with Gasteiger partial charge in [-0.3, -0.25) is 0 Å². The Morgan fingerprint density at radius 3 is 2.22 bits per heavy atom. The van der Waals surface area contributed by atoms with Gasteiger partial charge in [0.1, 0.15) is 0 Å². The second kappa shape index (κ2) is 1.72. The van der Waals surface area contributed by atoms with Crippen LogP contribution >= 0.6 is 0 Å². The maximum Gasteiger partial charge on any atom is 0.0571 e. The average Bonchev–Trinajstić information content (AvgIpc) is 2.24. The molecule has 1 nitrogen and oxygen atoms in total. The van der Waals surface area contributed by atoms with Crippen LogP contribution in [-0.4, -0.2) is 11.2 Å². The summed E-state index contributed by atoms with van der Waals surface area (Å²) in [4.78, 5) is 0. The van der Waals surface area contributed by atoms with Gasteiger partial charge in [-0.05, 0) is 37.0 Å². The van der Waals surface area contributed by atoms with E-state index in [-0.39, 0.29) is 6.10 Å². The Kier molecular flexibility index (Phi) is 1.10. The summed E-state index contributed by atoms with van der Waals surface area (Å²) in [5.41, 5.74) is 0. The predicted molar refractivity (Wildman–Crippen MR) is 36.0 cm³/mol. The Balaban J connectivity index is 2.10. The normalized spacial score (nSPS) is 56.7. The third kappa shape index (κ3) is 0.710. The van der Waals surface area contributed by atoms with E-state index in [0.29, 0.717) is 5.92 Å². The second-order valence-electron chi connectivity index (χ2n) is 3.77. The smallest absolute Gasteiger partial charge is 0.0571 e. The van der Waals surface area contributed by atoms with E-state index in [0.717, 1.165) is 18.3 Å². The van der Waals surface area contributed by atoms with Gasteiger partial charge >= 0.3 is 0 Å². The zero-order chi connectivity index (χ0) is 6.43. The van der Waals surface area contributed by atoms with E-state index >= 15 is 0 Å². The van der Waals surface area contributed by atoms with Crippen molar-refractivity contribution >= 4 is 0 Å². The van der Waals surface area contributed by atoms with Gasteiger partial charge in [-0.2, -0.15) is 0 Å². The van der Waals surface area contributed by atoms with Crippen molar-refractivity contribution in [2.45, 2.75) is 32.3 Å². The fraction of sp³-hybridized carbons (Fsp3) is 1.00. The quantitative estimate of drug-likeness (QED) is 0.520. The standard InChI is InChI=1S/C8H14O/c1-5-2-7-3-6(5)4-8(7)9/h5-9H,2-4H2,1H3/t5-,6-,7+,8+/m0/s1. The molecule has 1 N–H and O–H groups in total. The van der Waals surface area contributed by atoms with Crippen molar-refractivity contribution < 1.29 is 5.11 Å². The van der Waals surface area contributed by atoms with Crippen LogP contribution in [0.15, 0.2) is 0 Å². The van der Waals surface area contributed by atoms with Gasteiger partial charge in [0.15, 0.2) is 0 Å². The van der Waals surface area contributed by atoms with Crippen molar-refractivity contribution in [3.8, 4) is 0 Å². The van der Waals surface area contributed by atoms with Gasteiger partial charge in [-0.25, -0.2) is 0 Å². The fourth-order valence-corrected chi connectivity index (χ4v) is 2.53. The third-order valence-electron chi connectivity index (χ3n) is 3.17. The minimum atomic E-state index is 0.0613. The van der Waals surface area contributed by atoms with E-state index in [9.17, 15) is 5.11 Å². The molecule has 0 amide bonds. The maximum absolute atomic E-state index is 9.34. The molecule has 2 fully saturated rings. The van der Waals surface area contributed by atoms with E-state index in [1.165, 1.54) is 12.8 Å². The van der Waals surface area contributed by atoms with Gasteiger partial charge < -0.3 is 5.11 Å². The zero-order valence-electron chi connectivity index (χ0n) is 5.88. The molecule has 2 saturated carbocycles.